The van der Waals surface area contributed by atoms with Gasteiger partial charge in [0.15, 0.2) is 0 Å². The van der Waals surface area contributed by atoms with Gasteiger partial charge in [-0.15, -0.1) is 0 Å². The van der Waals surface area contributed by atoms with E-state index in [1.54, 1.807) is 0 Å². The van der Waals surface area contributed by atoms with Crippen LogP contribution in [0.3, 0.4) is 0 Å². The highest BCUT2D eigenvalue weighted by Gasteiger charge is 2.35. The molecule has 0 radical (unpaired) electrons. The summed E-state index contributed by atoms with van der Waals surface area (Å²) < 4.78 is 0. The molecule has 0 amide bonds. The molecule has 0 spiro atoms. The first-order chi connectivity index (χ1) is 12.9. The fourth-order valence-electron chi connectivity index (χ4n) is 5.76. The Balaban J connectivity index is 0.000000283. The minimum atomic E-state index is 0.544. The Morgan fingerprint density at radius 3 is 1.32 bits per heavy atom. The van der Waals surface area contributed by atoms with E-state index in [0.29, 0.717) is 5.41 Å². The topological polar surface area (TPSA) is 0 Å². The molecule has 0 N–H and O–H groups in total. The van der Waals surface area contributed by atoms with Crippen molar-refractivity contribution < 1.29 is 0 Å². The van der Waals surface area contributed by atoms with Crippen LogP contribution in [0, 0.1) is 52.8 Å². The Morgan fingerprint density at radius 2 is 1.00 bits per heavy atom. The third-order valence-electron chi connectivity index (χ3n) is 8.89. The molecule has 2 aliphatic rings. The van der Waals surface area contributed by atoms with Crippen LogP contribution < -0.4 is 0 Å². The maximum atomic E-state index is 2.47. The first-order valence-electron chi connectivity index (χ1n) is 12.9. The third kappa shape index (κ3) is 8.39. The van der Waals surface area contributed by atoms with E-state index < -0.39 is 0 Å². The molecule has 0 unspecified atom stereocenters. The fourth-order valence-corrected chi connectivity index (χ4v) is 5.76. The van der Waals surface area contributed by atoms with Gasteiger partial charge in [-0.2, -0.15) is 0 Å². The van der Waals surface area contributed by atoms with Crippen molar-refractivity contribution in [3.05, 3.63) is 0 Å². The van der Waals surface area contributed by atoms with Crippen LogP contribution in [0.1, 0.15) is 127 Å². The zero-order chi connectivity index (χ0) is 21.5. The zero-order valence-corrected chi connectivity index (χ0v) is 21.5. The molecular weight excluding hydrogens is 336 g/mol. The van der Waals surface area contributed by atoms with Gasteiger partial charge in [-0.25, -0.2) is 0 Å². The summed E-state index contributed by atoms with van der Waals surface area (Å²) in [7, 11) is 0. The molecule has 0 saturated heterocycles. The third-order valence-corrected chi connectivity index (χ3v) is 8.89. The Bertz CT molecular complexity index is 384. The quantitative estimate of drug-likeness (QED) is 0.422. The van der Waals surface area contributed by atoms with Crippen LogP contribution >= 0.6 is 0 Å². The molecule has 0 heteroatoms. The Hall–Kier alpha value is 0. The summed E-state index contributed by atoms with van der Waals surface area (Å²) in [4.78, 5) is 0. The van der Waals surface area contributed by atoms with Crippen LogP contribution in [0.5, 0.6) is 0 Å². The van der Waals surface area contributed by atoms with E-state index in [9.17, 15) is 0 Å². The van der Waals surface area contributed by atoms with Gasteiger partial charge in [0.2, 0.25) is 0 Å². The molecule has 2 rings (SSSR count). The highest BCUT2D eigenvalue weighted by atomic mass is 14.4. The van der Waals surface area contributed by atoms with Crippen molar-refractivity contribution in [2.24, 2.45) is 52.8 Å². The molecule has 0 nitrogen and oxygen atoms in total. The largest absolute Gasteiger partial charge is 0.0628 e. The molecule has 0 aromatic rings. The summed E-state index contributed by atoms with van der Waals surface area (Å²) >= 11 is 0. The standard InChI is InChI=1S/C15H30.C13H26/c1-11(2)13-7-9-14(10-8-13)15(5,6)12(3)4;1-10(2)9-12-5-7-13(8-6-12)11(3)4/h11-14H,7-10H2,1-6H3;10-13H,5-9H2,1-4H3. The van der Waals surface area contributed by atoms with Gasteiger partial charge in [0.25, 0.3) is 0 Å². The number of hydrogen-bond donors (Lipinski definition) is 0. The average Bonchev–Trinajstić information content (AvgIpc) is 2.62. The van der Waals surface area contributed by atoms with E-state index >= 15 is 0 Å². The molecule has 0 atom stereocenters. The smallest absolute Gasteiger partial charge is 0.0303 e. The predicted molar refractivity (Wildman–Crippen MR) is 129 cm³/mol. The summed E-state index contributed by atoms with van der Waals surface area (Å²) in [6, 6.07) is 0. The Labute approximate surface area is 180 Å². The monoisotopic (exact) mass is 392 g/mol. The van der Waals surface area contributed by atoms with E-state index in [1.165, 1.54) is 57.8 Å². The minimum absolute atomic E-state index is 0.544. The second kappa shape index (κ2) is 12.0. The molecule has 0 aliphatic heterocycles. The summed E-state index contributed by atoms with van der Waals surface area (Å²) in [5, 5.41) is 0. The molecule has 28 heavy (non-hydrogen) atoms. The lowest BCUT2D eigenvalue weighted by Crippen LogP contribution is -2.33. The molecule has 0 aromatic carbocycles. The lowest BCUT2D eigenvalue weighted by Gasteiger charge is -2.43. The lowest BCUT2D eigenvalue weighted by molar-refractivity contribution is 0.0762. The van der Waals surface area contributed by atoms with Crippen LogP contribution in [-0.4, -0.2) is 0 Å². The van der Waals surface area contributed by atoms with Crippen molar-refractivity contribution in [2.45, 2.75) is 127 Å². The number of hydrogen-bond acceptors (Lipinski definition) is 0. The van der Waals surface area contributed by atoms with Crippen LogP contribution in [-0.2, 0) is 0 Å². The van der Waals surface area contributed by atoms with E-state index in [4.69, 9.17) is 0 Å². The van der Waals surface area contributed by atoms with Crippen molar-refractivity contribution in [2.75, 3.05) is 0 Å². The molecule has 0 aromatic heterocycles. The van der Waals surface area contributed by atoms with Gasteiger partial charge in [0, 0.05) is 0 Å². The second-order valence-electron chi connectivity index (χ2n) is 12.5. The molecule has 2 saturated carbocycles. The summed E-state index contributed by atoms with van der Waals surface area (Å²) in [5.41, 5.74) is 0.544. The Morgan fingerprint density at radius 1 is 0.607 bits per heavy atom. The SMILES string of the molecule is CC(C)C1CCC(C(C)(C)C(C)C)CC1.CC(C)CC1CCC(C(C)C)CC1. The summed E-state index contributed by atoms with van der Waals surface area (Å²) in [6.45, 7) is 24.0. The van der Waals surface area contributed by atoms with Crippen molar-refractivity contribution in [1.29, 1.82) is 0 Å². The van der Waals surface area contributed by atoms with Crippen molar-refractivity contribution in [3.63, 3.8) is 0 Å². The van der Waals surface area contributed by atoms with Crippen molar-refractivity contribution >= 4 is 0 Å². The van der Waals surface area contributed by atoms with E-state index in [-0.39, 0.29) is 0 Å². The van der Waals surface area contributed by atoms with E-state index in [1.807, 2.05) is 0 Å². The van der Waals surface area contributed by atoms with Crippen LogP contribution in [0.2, 0.25) is 0 Å². The fraction of sp³-hybridized carbons (Fsp3) is 1.00. The van der Waals surface area contributed by atoms with Gasteiger partial charge < -0.3 is 0 Å². The summed E-state index contributed by atoms with van der Waals surface area (Å²) in [6.07, 6.45) is 13.3. The molecule has 0 heterocycles. The van der Waals surface area contributed by atoms with Gasteiger partial charge in [-0.05, 0) is 97.7 Å². The summed E-state index contributed by atoms with van der Waals surface area (Å²) in [5.74, 6) is 7.59. The first kappa shape index (κ1) is 26.0. The van der Waals surface area contributed by atoms with Crippen LogP contribution in [0.15, 0.2) is 0 Å². The normalized spacial score (nSPS) is 29.4. The van der Waals surface area contributed by atoms with Crippen molar-refractivity contribution in [3.8, 4) is 0 Å². The molecule has 2 aliphatic carbocycles. The number of rotatable bonds is 6. The highest BCUT2D eigenvalue weighted by molar-refractivity contribution is 4.85. The maximum absolute atomic E-state index is 2.47. The van der Waals surface area contributed by atoms with Gasteiger partial charge >= 0.3 is 0 Å². The van der Waals surface area contributed by atoms with Crippen molar-refractivity contribution in [1.82, 2.24) is 0 Å². The highest BCUT2D eigenvalue weighted by Crippen LogP contribution is 2.45. The molecular formula is C28H56. The zero-order valence-electron chi connectivity index (χ0n) is 21.5. The second-order valence-corrected chi connectivity index (χ2v) is 12.5. The minimum Gasteiger partial charge on any atom is -0.0628 e. The Kier molecular flexibility index (Phi) is 11.2. The van der Waals surface area contributed by atoms with E-state index in [0.717, 1.165) is 47.3 Å². The first-order valence-corrected chi connectivity index (χ1v) is 12.9. The predicted octanol–water partition coefficient (Wildman–Crippen LogP) is 9.63. The van der Waals surface area contributed by atoms with Gasteiger partial charge in [0.05, 0.1) is 0 Å². The molecule has 0 bridgehead atoms. The average molecular weight is 393 g/mol. The lowest BCUT2D eigenvalue weighted by atomic mass is 9.63. The van der Waals surface area contributed by atoms with Gasteiger partial charge in [-0.3, -0.25) is 0 Å². The van der Waals surface area contributed by atoms with Gasteiger partial charge in [0.1, 0.15) is 0 Å². The molecule has 168 valence electrons. The van der Waals surface area contributed by atoms with Crippen LogP contribution in [0.25, 0.3) is 0 Å². The maximum Gasteiger partial charge on any atom is -0.0303 e. The van der Waals surface area contributed by atoms with Gasteiger partial charge in [-0.1, -0.05) is 82.1 Å². The van der Waals surface area contributed by atoms with Crippen LogP contribution in [0.4, 0.5) is 0 Å². The van der Waals surface area contributed by atoms with E-state index in [2.05, 4.69) is 69.2 Å². The molecule has 2 fully saturated rings.